The van der Waals surface area contributed by atoms with E-state index in [0.29, 0.717) is 45.0 Å². The molecule has 3 aromatic carbocycles. The molecule has 2 N–H and O–H groups in total. The zero-order valence-electron chi connectivity index (χ0n) is 19.4. The summed E-state index contributed by atoms with van der Waals surface area (Å²) in [7, 11) is 4.43. The van der Waals surface area contributed by atoms with Gasteiger partial charge in [-0.05, 0) is 67.2 Å². The van der Waals surface area contributed by atoms with E-state index in [1.165, 1.54) is 33.5 Å². The number of ether oxygens (including phenoxy) is 3. The summed E-state index contributed by atoms with van der Waals surface area (Å²) in [6.07, 6.45) is 0. The maximum atomic E-state index is 12.8. The average Bonchev–Trinajstić information content (AvgIpc) is 3.26. The molecule has 8 nitrogen and oxygen atoms in total. The highest BCUT2D eigenvalue weighted by atomic mass is 35.5. The van der Waals surface area contributed by atoms with Gasteiger partial charge in [-0.3, -0.25) is 10.1 Å². The number of aromatic nitrogens is 1. The number of methoxy groups -OCH3 is 3. The zero-order valence-corrected chi connectivity index (χ0v) is 21.0. The van der Waals surface area contributed by atoms with Gasteiger partial charge < -0.3 is 23.9 Å². The molecule has 4 aromatic rings. The van der Waals surface area contributed by atoms with Gasteiger partial charge in [-0.25, -0.2) is 4.98 Å². The number of halogens is 1. The predicted molar refractivity (Wildman–Crippen MR) is 139 cm³/mol. The highest BCUT2D eigenvalue weighted by Gasteiger charge is 2.18. The number of benzene rings is 3. The fraction of sp³-hybridized carbons (Fsp3) is 0.160. The first-order chi connectivity index (χ1) is 16.8. The molecule has 1 amide bonds. The van der Waals surface area contributed by atoms with Crippen LogP contribution < -0.4 is 24.8 Å². The van der Waals surface area contributed by atoms with Crippen LogP contribution in [0.4, 0.5) is 5.69 Å². The van der Waals surface area contributed by atoms with Crippen LogP contribution in [0, 0.1) is 6.92 Å². The minimum Gasteiger partial charge on any atom is -0.493 e. The van der Waals surface area contributed by atoms with Gasteiger partial charge in [0.25, 0.3) is 5.91 Å². The Hall–Kier alpha value is -3.82. The Labute approximate surface area is 212 Å². The van der Waals surface area contributed by atoms with Crippen LogP contribution in [-0.2, 0) is 0 Å². The molecule has 180 valence electrons. The average molecular weight is 512 g/mol. The molecule has 1 heterocycles. The first kappa shape index (κ1) is 24.3. The number of fused-ring (bicyclic) bond motifs is 1. The minimum atomic E-state index is -0.453. The molecule has 10 heteroatoms. The molecule has 0 atom stereocenters. The van der Waals surface area contributed by atoms with E-state index in [9.17, 15) is 4.79 Å². The summed E-state index contributed by atoms with van der Waals surface area (Å²) < 4.78 is 21.8. The quantitative estimate of drug-likeness (QED) is 0.323. The summed E-state index contributed by atoms with van der Waals surface area (Å²) in [6.45, 7) is 1.98. The van der Waals surface area contributed by atoms with Crippen LogP contribution in [0.5, 0.6) is 17.2 Å². The summed E-state index contributed by atoms with van der Waals surface area (Å²) in [5.74, 6) is 1.02. The molecule has 0 fully saturated rings. The molecule has 0 aliphatic rings. The molecule has 0 spiro atoms. The number of nitrogens with one attached hydrogen (secondary N) is 2. The van der Waals surface area contributed by atoms with Gasteiger partial charge in [-0.2, -0.15) is 0 Å². The van der Waals surface area contributed by atoms with E-state index in [-0.39, 0.29) is 10.7 Å². The van der Waals surface area contributed by atoms with Gasteiger partial charge in [-0.15, -0.1) is 0 Å². The standard InChI is InChI=1S/C25H22ClN3O5S/c1-13-5-8-18-19(9-13)34-24(28-18)16-12-15(6-7-17(16)26)27-25(35)29-23(30)14-10-20(31-2)22(33-4)21(11-14)32-3/h5-12H,1-4H3,(H2,27,29,30,35). The smallest absolute Gasteiger partial charge is 0.257 e. The third-order valence-corrected chi connectivity index (χ3v) is 5.69. The number of hydrogen-bond acceptors (Lipinski definition) is 7. The van der Waals surface area contributed by atoms with Crippen molar-refractivity contribution >= 4 is 51.6 Å². The Morgan fingerprint density at radius 2 is 1.71 bits per heavy atom. The van der Waals surface area contributed by atoms with Crippen molar-refractivity contribution in [2.24, 2.45) is 0 Å². The molecule has 0 bridgehead atoms. The number of nitrogens with zero attached hydrogens (tertiary/aromatic N) is 1. The fourth-order valence-corrected chi connectivity index (χ4v) is 3.87. The highest BCUT2D eigenvalue weighted by Crippen LogP contribution is 2.38. The number of aryl methyl sites for hydroxylation is 1. The third-order valence-electron chi connectivity index (χ3n) is 5.15. The first-order valence-corrected chi connectivity index (χ1v) is 11.2. The van der Waals surface area contributed by atoms with Gasteiger partial charge in [0.1, 0.15) is 5.52 Å². The van der Waals surface area contributed by atoms with Gasteiger partial charge in [0.15, 0.2) is 22.2 Å². The maximum absolute atomic E-state index is 12.8. The van der Waals surface area contributed by atoms with Crippen LogP contribution in [0.1, 0.15) is 15.9 Å². The Morgan fingerprint density at radius 1 is 1.00 bits per heavy atom. The van der Waals surface area contributed by atoms with Crippen LogP contribution in [0.2, 0.25) is 5.02 Å². The molecule has 35 heavy (non-hydrogen) atoms. The molecule has 0 aliphatic heterocycles. The monoisotopic (exact) mass is 511 g/mol. The van der Waals surface area contributed by atoms with Crippen molar-refractivity contribution in [3.8, 4) is 28.7 Å². The zero-order chi connectivity index (χ0) is 25.1. The lowest BCUT2D eigenvalue weighted by atomic mass is 10.1. The van der Waals surface area contributed by atoms with Crippen molar-refractivity contribution in [1.82, 2.24) is 10.3 Å². The van der Waals surface area contributed by atoms with Crippen molar-refractivity contribution in [3.05, 3.63) is 64.7 Å². The number of hydrogen-bond donors (Lipinski definition) is 2. The Balaban J connectivity index is 1.53. The number of anilines is 1. The van der Waals surface area contributed by atoms with E-state index in [1.54, 1.807) is 18.2 Å². The Morgan fingerprint density at radius 3 is 2.37 bits per heavy atom. The molecule has 1 aromatic heterocycles. The Kier molecular flexibility index (Phi) is 7.09. The molecular formula is C25H22ClN3O5S. The maximum Gasteiger partial charge on any atom is 0.257 e. The van der Waals surface area contributed by atoms with Crippen molar-refractivity contribution in [2.75, 3.05) is 26.6 Å². The molecular weight excluding hydrogens is 490 g/mol. The second-order valence-corrected chi connectivity index (χ2v) is 8.32. The van der Waals surface area contributed by atoms with Gasteiger partial charge >= 0.3 is 0 Å². The van der Waals surface area contributed by atoms with Crippen molar-refractivity contribution in [2.45, 2.75) is 6.92 Å². The third kappa shape index (κ3) is 5.16. The summed E-state index contributed by atoms with van der Waals surface area (Å²) in [6, 6.07) is 14.0. The second kappa shape index (κ2) is 10.2. The van der Waals surface area contributed by atoms with Crippen LogP contribution >= 0.6 is 23.8 Å². The van der Waals surface area contributed by atoms with Crippen LogP contribution in [-0.4, -0.2) is 37.3 Å². The molecule has 0 radical (unpaired) electrons. The van der Waals surface area contributed by atoms with Crippen molar-refractivity contribution in [3.63, 3.8) is 0 Å². The normalized spacial score (nSPS) is 10.7. The number of thiocarbonyl (C=S) groups is 1. The van der Waals surface area contributed by atoms with Crippen molar-refractivity contribution in [1.29, 1.82) is 0 Å². The fourth-order valence-electron chi connectivity index (χ4n) is 3.46. The predicted octanol–water partition coefficient (Wildman–Crippen LogP) is 5.61. The summed E-state index contributed by atoms with van der Waals surface area (Å²) in [4.78, 5) is 17.3. The largest absolute Gasteiger partial charge is 0.493 e. The van der Waals surface area contributed by atoms with Gasteiger partial charge in [-0.1, -0.05) is 17.7 Å². The van der Waals surface area contributed by atoms with Crippen LogP contribution in [0.25, 0.3) is 22.6 Å². The summed E-state index contributed by atoms with van der Waals surface area (Å²) >= 11 is 11.7. The van der Waals surface area contributed by atoms with E-state index in [0.717, 1.165) is 11.1 Å². The minimum absolute atomic E-state index is 0.0882. The molecule has 0 aliphatic carbocycles. The highest BCUT2D eigenvalue weighted by molar-refractivity contribution is 7.80. The first-order valence-electron chi connectivity index (χ1n) is 10.4. The van der Waals surface area contributed by atoms with E-state index < -0.39 is 5.91 Å². The van der Waals surface area contributed by atoms with Crippen LogP contribution in [0.15, 0.2) is 52.9 Å². The van der Waals surface area contributed by atoms with E-state index in [1.807, 2.05) is 25.1 Å². The lowest BCUT2D eigenvalue weighted by Gasteiger charge is -2.15. The SMILES string of the molecule is COc1cc(C(=O)NC(=S)Nc2ccc(Cl)c(-c3nc4ccc(C)cc4o3)c2)cc(OC)c1OC. The van der Waals surface area contributed by atoms with E-state index >= 15 is 0 Å². The molecule has 4 rings (SSSR count). The lowest BCUT2D eigenvalue weighted by molar-refractivity contribution is 0.0977. The summed E-state index contributed by atoms with van der Waals surface area (Å²) in [5, 5.41) is 6.18. The molecule has 0 saturated carbocycles. The topological polar surface area (TPSA) is 94.9 Å². The van der Waals surface area contributed by atoms with E-state index in [2.05, 4.69) is 15.6 Å². The lowest BCUT2D eigenvalue weighted by Crippen LogP contribution is -2.34. The molecule has 0 unspecified atom stereocenters. The van der Waals surface area contributed by atoms with Gasteiger partial charge in [0, 0.05) is 11.3 Å². The van der Waals surface area contributed by atoms with E-state index in [4.69, 9.17) is 42.4 Å². The van der Waals surface area contributed by atoms with Gasteiger partial charge in [0.05, 0.1) is 31.9 Å². The molecule has 0 saturated heterocycles. The number of rotatable bonds is 6. The number of carbonyl (C=O) groups excluding carboxylic acids is 1. The summed E-state index contributed by atoms with van der Waals surface area (Å²) in [5.41, 5.74) is 3.93. The van der Waals surface area contributed by atoms with Crippen LogP contribution in [0.3, 0.4) is 0 Å². The second-order valence-electron chi connectivity index (χ2n) is 7.51. The number of oxazole rings is 1. The van der Waals surface area contributed by atoms with Gasteiger partial charge in [0.2, 0.25) is 11.6 Å². The Bertz CT molecular complexity index is 1410. The number of amides is 1. The number of carbonyl (C=O) groups is 1. The van der Waals surface area contributed by atoms with Crippen molar-refractivity contribution < 1.29 is 23.4 Å².